The van der Waals surface area contributed by atoms with Crippen LogP contribution in [-0.4, -0.2) is 16.1 Å². The summed E-state index contributed by atoms with van der Waals surface area (Å²) in [6.07, 6.45) is 0. The monoisotopic (exact) mass is 373 g/mol. The zero-order chi connectivity index (χ0) is 15.1. The number of carbonyl (C=O) groups is 1. The van der Waals surface area contributed by atoms with Gasteiger partial charge in [0.05, 0.1) is 14.9 Å². The molecular weight excluding hydrogens is 362 g/mol. The van der Waals surface area contributed by atoms with Crippen molar-refractivity contribution in [2.75, 3.05) is 0 Å². The molecule has 0 saturated carbocycles. The molecule has 6 heteroatoms. The van der Waals surface area contributed by atoms with E-state index in [0.29, 0.717) is 15.5 Å². The summed E-state index contributed by atoms with van der Waals surface area (Å²) in [5.41, 5.74) is 0.555. The number of rotatable bonds is 2. The number of nitrogens with zero attached hydrogens (tertiary/aromatic N) is 1. The third-order valence-electron chi connectivity index (χ3n) is 2.65. The molecule has 0 aliphatic rings. The molecule has 2 aromatic rings. The lowest BCUT2D eigenvalue weighted by atomic mass is 9.98. The number of carboxylic acids is 1. The summed E-state index contributed by atoms with van der Waals surface area (Å²) in [5, 5.41) is 10.6. The van der Waals surface area contributed by atoms with Gasteiger partial charge in [0.25, 0.3) is 0 Å². The van der Waals surface area contributed by atoms with Gasteiger partial charge in [0.2, 0.25) is 0 Å². The molecule has 0 fully saturated rings. The van der Waals surface area contributed by atoms with E-state index in [1.54, 1.807) is 12.1 Å². The van der Waals surface area contributed by atoms with Crippen molar-refractivity contribution in [2.24, 2.45) is 0 Å². The highest BCUT2D eigenvalue weighted by Crippen LogP contribution is 2.39. The van der Waals surface area contributed by atoms with Crippen LogP contribution in [0.5, 0.6) is 0 Å². The SMILES string of the molecule is CC(C)(C)c1nc(C(=O)O)c(-c2ccc(Br)cc2Cl)s1. The highest BCUT2D eigenvalue weighted by atomic mass is 79.9. The molecule has 1 N–H and O–H groups in total. The summed E-state index contributed by atoms with van der Waals surface area (Å²) in [4.78, 5) is 16.3. The van der Waals surface area contributed by atoms with Gasteiger partial charge in [0, 0.05) is 15.5 Å². The fourth-order valence-electron chi connectivity index (χ4n) is 1.64. The van der Waals surface area contributed by atoms with E-state index in [2.05, 4.69) is 20.9 Å². The van der Waals surface area contributed by atoms with E-state index in [-0.39, 0.29) is 11.1 Å². The number of thiazole rings is 1. The quantitative estimate of drug-likeness (QED) is 0.784. The van der Waals surface area contributed by atoms with Crippen LogP contribution in [0.3, 0.4) is 0 Å². The van der Waals surface area contributed by atoms with Crippen molar-refractivity contribution in [2.45, 2.75) is 26.2 Å². The smallest absolute Gasteiger partial charge is 0.356 e. The van der Waals surface area contributed by atoms with Crippen molar-refractivity contribution in [3.8, 4) is 10.4 Å². The standard InChI is InChI=1S/C14H13BrClNO2S/c1-14(2,3)13-17-10(12(18)19)11(20-13)8-5-4-7(15)6-9(8)16/h4-6H,1-3H3,(H,18,19). The Kier molecular flexibility index (Phi) is 4.23. The van der Waals surface area contributed by atoms with Gasteiger partial charge >= 0.3 is 5.97 Å². The summed E-state index contributed by atoms with van der Waals surface area (Å²) in [7, 11) is 0. The number of benzene rings is 1. The Morgan fingerprint density at radius 1 is 1.40 bits per heavy atom. The molecule has 0 spiro atoms. The van der Waals surface area contributed by atoms with Gasteiger partial charge in [-0.3, -0.25) is 0 Å². The molecule has 20 heavy (non-hydrogen) atoms. The van der Waals surface area contributed by atoms with E-state index >= 15 is 0 Å². The lowest BCUT2D eigenvalue weighted by Gasteiger charge is -2.13. The van der Waals surface area contributed by atoms with Crippen molar-refractivity contribution in [1.82, 2.24) is 4.98 Å². The fourth-order valence-corrected chi connectivity index (χ4v) is 3.62. The third-order valence-corrected chi connectivity index (χ3v) is 4.97. The molecular formula is C14H13BrClNO2S. The summed E-state index contributed by atoms with van der Waals surface area (Å²) in [5.74, 6) is -1.04. The highest BCUT2D eigenvalue weighted by molar-refractivity contribution is 9.10. The van der Waals surface area contributed by atoms with E-state index in [9.17, 15) is 9.90 Å². The summed E-state index contributed by atoms with van der Waals surface area (Å²) in [6, 6.07) is 5.39. The maximum atomic E-state index is 11.4. The van der Waals surface area contributed by atoms with Gasteiger partial charge in [-0.2, -0.15) is 0 Å². The topological polar surface area (TPSA) is 50.2 Å². The Hall–Kier alpha value is -0.910. The minimum atomic E-state index is -1.04. The van der Waals surface area contributed by atoms with Crippen molar-refractivity contribution < 1.29 is 9.90 Å². The molecule has 106 valence electrons. The van der Waals surface area contributed by atoms with Crippen LogP contribution in [0.4, 0.5) is 0 Å². The van der Waals surface area contributed by atoms with E-state index in [1.807, 2.05) is 26.8 Å². The highest BCUT2D eigenvalue weighted by Gasteiger charge is 2.26. The first kappa shape index (κ1) is 15.5. The zero-order valence-electron chi connectivity index (χ0n) is 11.2. The lowest BCUT2D eigenvalue weighted by molar-refractivity contribution is 0.0692. The third kappa shape index (κ3) is 3.05. The predicted molar refractivity (Wildman–Crippen MR) is 85.9 cm³/mol. The Morgan fingerprint density at radius 2 is 2.05 bits per heavy atom. The molecule has 3 nitrogen and oxygen atoms in total. The van der Waals surface area contributed by atoms with Crippen LogP contribution in [0, 0.1) is 0 Å². The molecule has 1 aromatic heterocycles. The molecule has 0 aliphatic heterocycles. The number of hydrogen-bond donors (Lipinski definition) is 1. The summed E-state index contributed by atoms with van der Waals surface area (Å²) < 4.78 is 0.851. The maximum absolute atomic E-state index is 11.4. The van der Waals surface area contributed by atoms with Crippen LogP contribution < -0.4 is 0 Å². The first-order valence-electron chi connectivity index (χ1n) is 5.90. The molecule has 0 saturated heterocycles. The van der Waals surface area contributed by atoms with Gasteiger partial charge in [-0.1, -0.05) is 54.4 Å². The van der Waals surface area contributed by atoms with E-state index in [1.165, 1.54) is 11.3 Å². The first-order chi connectivity index (χ1) is 9.20. The second-order valence-corrected chi connectivity index (χ2v) is 7.70. The van der Waals surface area contributed by atoms with Crippen LogP contribution in [0.1, 0.15) is 36.3 Å². The van der Waals surface area contributed by atoms with E-state index in [0.717, 1.165) is 9.48 Å². The van der Waals surface area contributed by atoms with Crippen LogP contribution in [-0.2, 0) is 5.41 Å². The van der Waals surface area contributed by atoms with Crippen molar-refractivity contribution in [3.63, 3.8) is 0 Å². The second kappa shape index (κ2) is 5.47. The van der Waals surface area contributed by atoms with Crippen molar-refractivity contribution in [1.29, 1.82) is 0 Å². The van der Waals surface area contributed by atoms with Gasteiger partial charge in [0.1, 0.15) is 0 Å². The van der Waals surface area contributed by atoms with Crippen molar-refractivity contribution >= 4 is 44.8 Å². The Balaban J connectivity index is 2.66. The molecule has 1 aromatic carbocycles. The molecule has 0 amide bonds. The lowest BCUT2D eigenvalue weighted by Crippen LogP contribution is -2.11. The molecule has 1 heterocycles. The van der Waals surface area contributed by atoms with Crippen LogP contribution in [0.25, 0.3) is 10.4 Å². The fraction of sp³-hybridized carbons (Fsp3) is 0.286. The van der Waals surface area contributed by atoms with Gasteiger partial charge in [-0.15, -0.1) is 11.3 Å². The number of halogens is 2. The number of hydrogen-bond acceptors (Lipinski definition) is 3. The molecule has 0 atom stereocenters. The summed E-state index contributed by atoms with van der Waals surface area (Å²) in [6.45, 7) is 6.01. The first-order valence-corrected chi connectivity index (χ1v) is 7.89. The number of carboxylic acid groups (broad SMARTS) is 1. The van der Waals surface area contributed by atoms with Crippen molar-refractivity contribution in [3.05, 3.63) is 38.4 Å². The minimum absolute atomic E-state index is 0.0594. The van der Waals surface area contributed by atoms with Gasteiger partial charge < -0.3 is 5.11 Å². The predicted octanol–water partition coefficient (Wildman–Crippen LogP) is 5.22. The number of aromatic carboxylic acids is 1. The molecule has 2 rings (SSSR count). The molecule has 0 unspecified atom stereocenters. The molecule has 0 bridgehead atoms. The van der Waals surface area contributed by atoms with E-state index < -0.39 is 5.97 Å². The normalized spacial score (nSPS) is 11.7. The maximum Gasteiger partial charge on any atom is 0.356 e. The van der Waals surface area contributed by atoms with Crippen LogP contribution >= 0.6 is 38.9 Å². The van der Waals surface area contributed by atoms with Gasteiger partial charge in [-0.05, 0) is 12.1 Å². The van der Waals surface area contributed by atoms with Gasteiger partial charge in [0.15, 0.2) is 5.69 Å². The molecule has 0 aliphatic carbocycles. The second-order valence-electron chi connectivity index (χ2n) is 5.38. The average molecular weight is 375 g/mol. The summed E-state index contributed by atoms with van der Waals surface area (Å²) >= 11 is 10.9. The van der Waals surface area contributed by atoms with Crippen LogP contribution in [0.2, 0.25) is 5.02 Å². The Morgan fingerprint density at radius 3 is 2.55 bits per heavy atom. The van der Waals surface area contributed by atoms with E-state index in [4.69, 9.17) is 11.6 Å². The molecule has 0 radical (unpaired) electrons. The van der Waals surface area contributed by atoms with Gasteiger partial charge in [-0.25, -0.2) is 9.78 Å². The number of aromatic nitrogens is 1. The Bertz CT molecular complexity index is 676. The average Bonchev–Trinajstić information content (AvgIpc) is 2.73. The largest absolute Gasteiger partial charge is 0.476 e. The minimum Gasteiger partial charge on any atom is -0.476 e. The van der Waals surface area contributed by atoms with Crippen LogP contribution in [0.15, 0.2) is 22.7 Å². The Labute approximate surface area is 134 Å². The zero-order valence-corrected chi connectivity index (χ0v) is 14.4.